The maximum absolute atomic E-state index is 14.5. The van der Waals surface area contributed by atoms with E-state index in [1.54, 1.807) is 25.5 Å². The van der Waals surface area contributed by atoms with E-state index in [2.05, 4.69) is 20.2 Å². The SMILES string of the molecule is CNc1cc(F)cc2c1Cc1nc(Oc3cnc(C)nc3)nc(N3CCC4CC(N)C4C3)c1-2. The van der Waals surface area contributed by atoms with Crippen molar-refractivity contribution >= 4 is 11.5 Å². The van der Waals surface area contributed by atoms with Crippen LogP contribution in [0.1, 0.15) is 29.9 Å². The molecule has 2 aromatic heterocycles. The first kappa shape index (κ1) is 20.3. The zero-order chi connectivity index (χ0) is 22.7. The van der Waals surface area contributed by atoms with Gasteiger partial charge in [0, 0.05) is 43.9 Å². The number of ether oxygens (including phenoxy) is 1. The number of piperidine rings is 1. The Morgan fingerprint density at radius 1 is 1.21 bits per heavy atom. The fraction of sp³-hybridized carbons (Fsp3) is 0.417. The predicted octanol–water partition coefficient (Wildman–Crippen LogP) is 3.29. The van der Waals surface area contributed by atoms with Crippen LogP contribution in [-0.2, 0) is 6.42 Å². The van der Waals surface area contributed by atoms with Crippen molar-refractivity contribution in [2.24, 2.45) is 17.6 Å². The summed E-state index contributed by atoms with van der Waals surface area (Å²) in [7, 11) is 1.80. The number of aryl methyl sites for hydroxylation is 1. The molecule has 170 valence electrons. The molecule has 3 N–H and O–H groups in total. The molecule has 1 saturated carbocycles. The number of aromatic nitrogens is 4. The Morgan fingerprint density at radius 3 is 2.79 bits per heavy atom. The molecule has 3 heterocycles. The number of halogens is 1. The average Bonchev–Trinajstić information content (AvgIpc) is 3.17. The van der Waals surface area contributed by atoms with Crippen molar-refractivity contribution < 1.29 is 9.13 Å². The number of nitrogens with one attached hydrogen (secondary N) is 1. The molecule has 2 aliphatic carbocycles. The quantitative estimate of drug-likeness (QED) is 0.491. The molecule has 3 unspecified atom stereocenters. The summed E-state index contributed by atoms with van der Waals surface area (Å²) in [5, 5.41) is 3.12. The first-order valence-electron chi connectivity index (χ1n) is 11.4. The van der Waals surface area contributed by atoms with Gasteiger partial charge in [-0.05, 0) is 54.9 Å². The van der Waals surface area contributed by atoms with Crippen LogP contribution < -0.4 is 20.7 Å². The van der Waals surface area contributed by atoms with Crippen LogP contribution in [0.3, 0.4) is 0 Å². The van der Waals surface area contributed by atoms with Crippen molar-refractivity contribution in [2.45, 2.75) is 32.2 Å². The van der Waals surface area contributed by atoms with Crippen LogP contribution in [0, 0.1) is 24.6 Å². The second-order valence-corrected chi connectivity index (χ2v) is 9.18. The van der Waals surface area contributed by atoms with Gasteiger partial charge in [-0.2, -0.15) is 9.97 Å². The minimum atomic E-state index is -0.284. The Balaban J connectivity index is 1.45. The third-order valence-electron chi connectivity index (χ3n) is 7.24. The van der Waals surface area contributed by atoms with E-state index in [1.807, 2.05) is 6.92 Å². The number of fused-ring (bicyclic) bond motifs is 4. The summed E-state index contributed by atoms with van der Waals surface area (Å²) in [5.74, 6) is 2.78. The second-order valence-electron chi connectivity index (χ2n) is 9.18. The molecular formula is C24H26FN7O. The largest absolute Gasteiger partial charge is 0.421 e. The maximum atomic E-state index is 14.5. The highest BCUT2D eigenvalue weighted by atomic mass is 19.1. The minimum absolute atomic E-state index is 0.230. The van der Waals surface area contributed by atoms with Crippen molar-refractivity contribution in [2.75, 3.05) is 30.4 Å². The van der Waals surface area contributed by atoms with Gasteiger partial charge in [0.1, 0.15) is 17.5 Å². The number of hydrogen-bond donors (Lipinski definition) is 2. The number of hydrogen-bond acceptors (Lipinski definition) is 8. The number of nitrogens with zero attached hydrogens (tertiary/aromatic N) is 5. The van der Waals surface area contributed by atoms with Gasteiger partial charge in [0.2, 0.25) is 0 Å². The second kappa shape index (κ2) is 7.62. The summed E-state index contributed by atoms with van der Waals surface area (Å²) in [6.07, 6.45) is 5.98. The van der Waals surface area contributed by atoms with E-state index in [-0.39, 0.29) is 17.9 Å². The fourth-order valence-corrected chi connectivity index (χ4v) is 5.46. The molecule has 1 saturated heterocycles. The molecule has 1 aliphatic heterocycles. The first-order chi connectivity index (χ1) is 16.0. The topological polar surface area (TPSA) is 102 Å². The lowest BCUT2D eigenvalue weighted by Crippen LogP contribution is -2.57. The highest BCUT2D eigenvalue weighted by Crippen LogP contribution is 2.48. The van der Waals surface area contributed by atoms with Crippen LogP contribution in [0.25, 0.3) is 11.1 Å². The summed E-state index contributed by atoms with van der Waals surface area (Å²) in [6.45, 7) is 3.54. The van der Waals surface area contributed by atoms with Gasteiger partial charge in [-0.15, -0.1) is 0 Å². The molecule has 0 amide bonds. The van der Waals surface area contributed by atoms with E-state index in [9.17, 15) is 4.39 Å². The Morgan fingerprint density at radius 2 is 2.03 bits per heavy atom. The van der Waals surface area contributed by atoms with Gasteiger partial charge in [-0.1, -0.05) is 0 Å². The van der Waals surface area contributed by atoms with E-state index in [0.717, 1.165) is 59.8 Å². The van der Waals surface area contributed by atoms with Crippen LogP contribution in [0.4, 0.5) is 15.9 Å². The van der Waals surface area contributed by atoms with E-state index < -0.39 is 0 Å². The van der Waals surface area contributed by atoms with Crippen LogP contribution in [-0.4, -0.2) is 46.1 Å². The average molecular weight is 448 g/mol. The Hall–Kier alpha value is -3.33. The van der Waals surface area contributed by atoms with Crippen molar-refractivity contribution in [3.05, 3.63) is 47.4 Å². The summed E-state index contributed by atoms with van der Waals surface area (Å²) >= 11 is 0. The van der Waals surface area contributed by atoms with Crippen molar-refractivity contribution in [1.29, 1.82) is 0 Å². The molecule has 8 nitrogen and oxygen atoms in total. The van der Waals surface area contributed by atoms with E-state index >= 15 is 0 Å². The monoisotopic (exact) mass is 447 g/mol. The molecule has 3 aromatic rings. The zero-order valence-corrected chi connectivity index (χ0v) is 18.7. The van der Waals surface area contributed by atoms with E-state index in [0.29, 0.717) is 29.8 Å². The fourth-order valence-electron chi connectivity index (χ4n) is 5.46. The predicted molar refractivity (Wildman–Crippen MR) is 123 cm³/mol. The van der Waals surface area contributed by atoms with Gasteiger partial charge in [0.05, 0.1) is 18.1 Å². The van der Waals surface area contributed by atoms with Crippen molar-refractivity contribution in [1.82, 2.24) is 19.9 Å². The molecule has 9 heteroatoms. The molecule has 0 radical (unpaired) electrons. The first-order valence-corrected chi connectivity index (χ1v) is 11.4. The third-order valence-corrected chi connectivity index (χ3v) is 7.24. The van der Waals surface area contributed by atoms with Gasteiger partial charge in [0.25, 0.3) is 0 Å². The zero-order valence-electron chi connectivity index (χ0n) is 18.7. The lowest BCUT2D eigenvalue weighted by Gasteiger charge is -2.50. The molecular weight excluding hydrogens is 421 g/mol. The highest BCUT2D eigenvalue weighted by molar-refractivity contribution is 5.88. The van der Waals surface area contributed by atoms with E-state index in [1.165, 1.54) is 6.07 Å². The normalized spacial score (nSPS) is 22.8. The van der Waals surface area contributed by atoms with Crippen LogP contribution in [0.5, 0.6) is 11.8 Å². The summed E-state index contributed by atoms with van der Waals surface area (Å²) in [4.78, 5) is 20.2. The minimum Gasteiger partial charge on any atom is -0.421 e. The molecule has 2 fully saturated rings. The van der Waals surface area contributed by atoms with Crippen LogP contribution in [0.2, 0.25) is 0 Å². The maximum Gasteiger partial charge on any atom is 0.324 e. The lowest BCUT2D eigenvalue weighted by atomic mass is 9.66. The molecule has 1 aromatic carbocycles. The Kier molecular flexibility index (Phi) is 4.69. The summed E-state index contributed by atoms with van der Waals surface area (Å²) in [6, 6.07) is 3.59. The smallest absolute Gasteiger partial charge is 0.324 e. The highest BCUT2D eigenvalue weighted by Gasteiger charge is 2.43. The van der Waals surface area contributed by atoms with Gasteiger partial charge >= 0.3 is 6.01 Å². The molecule has 6 rings (SSSR count). The molecule has 33 heavy (non-hydrogen) atoms. The molecule has 3 aliphatic rings. The van der Waals surface area contributed by atoms with Crippen LogP contribution in [0.15, 0.2) is 24.5 Å². The summed E-state index contributed by atoms with van der Waals surface area (Å²) < 4.78 is 20.5. The number of nitrogens with two attached hydrogens (primary N) is 1. The van der Waals surface area contributed by atoms with Crippen molar-refractivity contribution in [3.63, 3.8) is 0 Å². The molecule has 0 bridgehead atoms. The standard InChI is InChI=1S/C24H26FN7O/c1-12-28-9-15(10-29-12)33-24-30-21-8-16-17(6-14(25)7-20(16)27-2)22(21)23(31-24)32-4-3-13-5-19(26)18(13)11-32/h6-7,9-10,13,18-19,27H,3-5,8,11,26H2,1-2H3. The number of rotatable bonds is 4. The number of benzene rings is 1. The Labute approximate surface area is 191 Å². The van der Waals surface area contributed by atoms with Gasteiger partial charge in [-0.25, -0.2) is 14.4 Å². The lowest BCUT2D eigenvalue weighted by molar-refractivity contribution is 0.110. The van der Waals surface area contributed by atoms with Crippen molar-refractivity contribution in [3.8, 4) is 22.9 Å². The third kappa shape index (κ3) is 3.38. The molecule has 3 atom stereocenters. The molecule has 0 spiro atoms. The van der Waals surface area contributed by atoms with Crippen LogP contribution >= 0.6 is 0 Å². The van der Waals surface area contributed by atoms with E-state index in [4.69, 9.17) is 20.4 Å². The number of anilines is 2. The van der Waals surface area contributed by atoms with Gasteiger partial charge in [-0.3, -0.25) is 0 Å². The van der Waals surface area contributed by atoms with Gasteiger partial charge < -0.3 is 20.7 Å². The Bertz CT molecular complexity index is 1230. The summed E-state index contributed by atoms with van der Waals surface area (Å²) in [5.41, 5.74) is 10.7. The van der Waals surface area contributed by atoms with Gasteiger partial charge in [0.15, 0.2) is 5.75 Å².